The second-order valence-corrected chi connectivity index (χ2v) is 8.75. The highest BCUT2D eigenvalue weighted by atomic mass is 79.9. The van der Waals surface area contributed by atoms with Gasteiger partial charge in [0, 0.05) is 17.4 Å². The molecule has 1 N–H and O–H groups in total. The van der Waals surface area contributed by atoms with Gasteiger partial charge in [-0.05, 0) is 58.6 Å². The van der Waals surface area contributed by atoms with Crippen LogP contribution in [-0.2, 0) is 21.2 Å². The van der Waals surface area contributed by atoms with E-state index < -0.39 is 10.0 Å². The molecule has 2 aromatic carbocycles. The second kappa shape index (κ2) is 9.19. The molecule has 0 aliphatic heterocycles. The number of carbonyl (C=O) groups is 1. The Bertz CT molecular complexity index is 851. The van der Waals surface area contributed by atoms with E-state index in [9.17, 15) is 13.2 Å². The van der Waals surface area contributed by atoms with E-state index in [0.29, 0.717) is 17.8 Å². The predicted molar refractivity (Wildman–Crippen MR) is 110 cm³/mol. The van der Waals surface area contributed by atoms with E-state index in [1.54, 1.807) is 18.2 Å². The highest BCUT2D eigenvalue weighted by molar-refractivity contribution is 9.10. The molecule has 26 heavy (non-hydrogen) atoms. The molecule has 0 bridgehead atoms. The summed E-state index contributed by atoms with van der Waals surface area (Å²) >= 11 is 3.38. The Morgan fingerprint density at radius 1 is 1.12 bits per heavy atom. The fraction of sp³-hybridized carbons (Fsp3) is 0.316. The number of hydrogen-bond donors (Lipinski definition) is 1. The molecule has 0 unspecified atom stereocenters. The Hall–Kier alpha value is -1.86. The summed E-state index contributed by atoms with van der Waals surface area (Å²) in [4.78, 5) is 12.1. The third-order valence-corrected chi connectivity index (χ3v) is 5.83. The summed E-state index contributed by atoms with van der Waals surface area (Å²) in [5, 5.41) is 2.82. The third-order valence-electron chi connectivity index (χ3n) is 3.95. The van der Waals surface area contributed by atoms with Crippen molar-refractivity contribution in [2.24, 2.45) is 0 Å². The molecule has 0 aromatic heterocycles. The molecule has 2 aromatic rings. The number of carbonyl (C=O) groups excluding carboxylic acids is 1. The van der Waals surface area contributed by atoms with Crippen LogP contribution in [0.25, 0.3) is 0 Å². The van der Waals surface area contributed by atoms with Crippen LogP contribution in [0.15, 0.2) is 53.0 Å². The Morgan fingerprint density at radius 2 is 1.77 bits per heavy atom. The van der Waals surface area contributed by atoms with Crippen LogP contribution < -0.4 is 9.62 Å². The summed E-state index contributed by atoms with van der Waals surface area (Å²) < 4.78 is 26.4. The highest BCUT2D eigenvalue weighted by Gasteiger charge is 2.17. The predicted octanol–water partition coefficient (Wildman–Crippen LogP) is 4.20. The number of hydrogen-bond acceptors (Lipinski definition) is 3. The summed E-state index contributed by atoms with van der Waals surface area (Å²) in [5.41, 5.74) is 2.47. The topological polar surface area (TPSA) is 66.5 Å². The summed E-state index contributed by atoms with van der Waals surface area (Å²) in [6.45, 7) is 2.31. The normalized spacial score (nSPS) is 11.2. The molecule has 0 saturated carbocycles. The first-order valence-corrected chi connectivity index (χ1v) is 11.1. The van der Waals surface area contributed by atoms with Gasteiger partial charge in [-0.2, -0.15) is 0 Å². The van der Waals surface area contributed by atoms with Crippen molar-refractivity contribution in [2.75, 3.05) is 22.4 Å². The van der Waals surface area contributed by atoms with E-state index in [4.69, 9.17) is 0 Å². The van der Waals surface area contributed by atoms with Crippen LogP contribution in [0.1, 0.15) is 25.3 Å². The maximum Gasteiger partial charge on any atom is 0.232 e. The molecule has 7 heteroatoms. The van der Waals surface area contributed by atoms with E-state index in [1.807, 2.05) is 37.3 Å². The Kier molecular flexibility index (Phi) is 7.23. The van der Waals surface area contributed by atoms with Crippen molar-refractivity contribution in [3.05, 3.63) is 58.6 Å². The minimum absolute atomic E-state index is 0.147. The van der Waals surface area contributed by atoms with Gasteiger partial charge in [0.25, 0.3) is 0 Å². The quantitative estimate of drug-likeness (QED) is 0.671. The maximum absolute atomic E-state index is 12.1. The van der Waals surface area contributed by atoms with Gasteiger partial charge < -0.3 is 5.32 Å². The summed E-state index contributed by atoms with van der Waals surface area (Å²) in [7, 11) is -3.41. The molecule has 0 spiro atoms. The molecule has 0 fully saturated rings. The molecule has 0 aliphatic carbocycles. The molecule has 1 amide bonds. The maximum atomic E-state index is 12.1. The minimum atomic E-state index is -3.41. The van der Waals surface area contributed by atoms with Crippen molar-refractivity contribution in [2.45, 2.75) is 26.2 Å². The SMILES string of the molecule is CCc1ccc(N(CCCC(=O)Nc2ccccc2Br)S(C)(=O)=O)cc1. The summed E-state index contributed by atoms with van der Waals surface area (Å²) in [6, 6.07) is 14.8. The number of para-hydroxylation sites is 1. The van der Waals surface area contributed by atoms with E-state index in [1.165, 1.54) is 10.6 Å². The number of nitrogens with zero attached hydrogens (tertiary/aromatic N) is 1. The average molecular weight is 439 g/mol. The third kappa shape index (κ3) is 5.85. The van der Waals surface area contributed by atoms with Crippen LogP contribution in [0.2, 0.25) is 0 Å². The van der Waals surface area contributed by atoms with Crippen LogP contribution in [0.3, 0.4) is 0 Å². The summed E-state index contributed by atoms with van der Waals surface area (Å²) in [6.07, 6.45) is 2.75. The molecule has 140 valence electrons. The molecular formula is C19H23BrN2O3S. The van der Waals surface area contributed by atoms with Crippen molar-refractivity contribution in [3.63, 3.8) is 0 Å². The molecule has 0 saturated heterocycles. The number of anilines is 2. The molecule has 0 radical (unpaired) electrons. The van der Waals surface area contributed by atoms with Gasteiger partial charge in [-0.3, -0.25) is 9.10 Å². The van der Waals surface area contributed by atoms with Gasteiger partial charge in [0.05, 0.1) is 17.6 Å². The van der Waals surface area contributed by atoms with Crippen molar-refractivity contribution >= 4 is 43.2 Å². The smallest absolute Gasteiger partial charge is 0.232 e. The lowest BCUT2D eigenvalue weighted by Gasteiger charge is -2.22. The van der Waals surface area contributed by atoms with Gasteiger partial charge in [-0.25, -0.2) is 8.42 Å². The molecule has 0 heterocycles. The number of rotatable bonds is 8. The lowest BCUT2D eigenvalue weighted by molar-refractivity contribution is -0.116. The zero-order chi connectivity index (χ0) is 19.2. The van der Waals surface area contributed by atoms with E-state index in [2.05, 4.69) is 21.2 Å². The van der Waals surface area contributed by atoms with Crippen LogP contribution in [0.4, 0.5) is 11.4 Å². The van der Waals surface area contributed by atoms with Crippen LogP contribution >= 0.6 is 15.9 Å². The summed E-state index contributed by atoms with van der Waals surface area (Å²) in [5.74, 6) is -0.147. The number of halogens is 1. The number of benzene rings is 2. The van der Waals surface area contributed by atoms with Gasteiger partial charge in [0.2, 0.25) is 15.9 Å². The van der Waals surface area contributed by atoms with Crippen molar-refractivity contribution in [3.8, 4) is 0 Å². The van der Waals surface area contributed by atoms with Gasteiger partial charge in [-0.15, -0.1) is 0 Å². The Labute approximate surface area is 163 Å². The number of sulfonamides is 1. The second-order valence-electron chi connectivity index (χ2n) is 5.99. The number of aryl methyl sites for hydroxylation is 1. The first-order valence-electron chi connectivity index (χ1n) is 8.42. The fourth-order valence-corrected chi connectivity index (χ4v) is 3.89. The van der Waals surface area contributed by atoms with Gasteiger partial charge in [-0.1, -0.05) is 31.2 Å². The van der Waals surface area contributed by atoms with E-state index in [0.717, 1.165) is 16.5 Å². The fourth-order valence-electron chi connectivity index (χ4n) is 2.54. The van der Waals surface area contributed by atoms with Gasteiger partial charge in [0.15, 0.2) is 0 Å². The van der Waals surface area contributed by atoms with Crippen LogP contribution in [0.5, 0.6) is 0 Å². The zero-order valence-electron chi connectivity index (χ0n) is 14.9. The molecule has 5 nitrogen and oxygen atoms in total. The largest absolute Gasteiger partial charge is 0.325 e. The number of nitrogens with one attached hydrogen (secondary N) is 1. The van der Waals surface area contributed by atoms with Gasteiger partial charge >= 0.3 is 0 Å². The highest BCUT2D eigenvalue weighted by Crippen LogP contribution is 2.22. The van der Waals surface area contributed by atoms with Crippen molar-refractivity contribution < 1.29 is 13.2 Å². The Balaban J connectivity index is 1.97. The van der Waals surface area contributed by atoms with Crippen molar-refractivity contribution in [1.29, 1.82) is 0 Å². The van der Waals surface area contributed by atoms with E-state index >= 15 is 0 Å². The Morgan fingerprint density at radius 3 is 2.35 bits per heavy atom. The lowest BCUT2D eigenvalue weighted by atomic mass is 10.1. The molecular weight excluding hydrogens is 416 g/mol. The molecule has 0 atom stereocenters. The standard InChI is InChI=1S/C19H23BrN2O3S/c1-3-15-10-12-16(13-11-15)22(26(2,24)25)14-6-9-19(23)21-18-8-5-4-7-17(18)20/h4-5,7-8,10-13H,3,6,9,14H2,1-2H3,(H,21,23). The van der Waals surface area contributed by atoms with Gasteiger partial charge in [0.1, 0.15) is 0 Å². The van der Waals surface area contributed by atoms with Crippen LogP contribution in [-0.4, -0.2) is 27.1 Å². The lowest BCUT2D eigenvalue weighted by Crippen LogP contribution is -2.31. The van der Waals surface area contributed by atoms with E-state index in [-0.39, 0.29) is 18.9 Å². The van der Waals surface area contributed by atoms with Crippen molar-refractivity contribution in [1.82, 2.24) is 0 Å². The minimum Gasteiger partial charge on any atom is -0.325 e. The zero-order valence-corrected chi connectivity index (χ0v) is 17.3. The number of amides is 1. The first-order chi connectivity index (χ1) is 12.3. The first kappa shape index (κ1) is 20.5. The van der Waals surface area contributed by atoms with Crippen LogP contribution in [0, 0.1) is 0 Å². The monoisotopic (exact) mass is 438 g/mol. The average Bonchev–Trinajstić information content (AvgIpc) is 2.60. The molecule has 2 rings (SSSR count). The molecule has 0 aliphatic rings.